The second kappa shape index (κ2) is 3.06. The highest BCUT2D eigenvalue weighted by atomic mass is 16.6. The Balaban J connectivity index is 1.73. The van der Waals surface area contributed by atoms with Crippen molar-refractivity contribution in [3.8, 4) is 11.5 Å². The van der Waals surface area contributed by atoms with Gasteiger partial charge in [0.25, 0.3) is 0 Å². The molecule has 112 valence electrons. The highest BCUT2D eigenvalue weighted by molar-refractivity contribution is 5.76. The van der Waals surface area contributed by atoms with E-state index in [1.54, 1.807) is 14.2 Å². The van der Waals surface area contributed by atoms with Crippen molar-refractivity contribution in [2.75, 3.05) is 21.3 Å². The molecule has 1 saturated heterocycles. The topological polar surface area (TPSA) is 30.7 Å². The molecule has 1 saturated carbocycles. The fourth-order valence-electron chi connectivity index (χ4n) is 5.81. The zero-order chi connectivity index (χ0) is 14.9. The monoisotopic (exact) mass is 295 g/mol. The summed E-state index contributed by atoms with van der Waals surface area (Å²) in [7, 11) is 5.68. The van der Waals surface area contributed by atoms with E-state index in [0.717, 1.165) is 23.7 Å². The summed E-state index contributed by atoms with van der Waals surface area (Å²) in [6.45, 7) is 0. The largest absolute Gasteiger partial charge is 0.497 e. The van der Waals surface area contributed by atoms with Crippen LogP contribution in [-0.2, 0) is 15.7 Å². The molecule has 0 aromatic heterocycles. The van der Waals surface area contributed by atoms with E-state index < -0.39 is 0 Å². The summed E-state index contributed by atoms with van der Waals surface area (Å²) in [4.78, 5) is 2.51. The average molecular weight is 295 g/mol. The number of allylic oxidation sites excluding steroid dienone is 2. The molecule has 3 aliphatic carbocycles. The Morgan fingerprint density at radius 2 is 2.09 bits per heavy atom. The van der Waals surface area contributed by atoms with Crippen molar-refractivity contribution >= 4 is 0 Å². The molecule has 2 aliphatic heterocycles. The minimum Gasteiger partial charge on any atom is -0.497 e. The van der Waals surface area contributed by atoms with E-state index >= 15 is 0 Å². The third-order valence-electron chi connectivity index (χ3n) is 6.62. The van der Waals surface area contributed by atoms with Crippen LogP contribution in [0.4, 0.5) is 0 Å². The summed E-state index contributed by atoms with van der Waals surface area (Å²) in [6, 6.07) is 4.83. The highest BCUT2D eigenvalue weighted by Gasteiger charge is 2.83. The molecule has 2 heterocycles. The lowest BCUT2D eigenvalue weighted by Crippen LogP contribution is -2.42. The van der Waals surface area contributed by atoms with Crippen LogP contribution in [0.5, 0.6) is 11.5 Å². The van der Waals surface area contributed by atoms with E-state index in [0.29, 0.717) is 6.04 Å². The summed E-state index contributed by atoms with van der Waals surface area (Å²) in [5.74, 6) is 2.69. The van der Waals surface area contributed by atoms with Crippen molar-refractivity contribution in [3.05, 3.63) is 46.7 Å². The molecule has 2 fully saturated rings. The number of rotatable bonds is 2. The van der Waals surface area contributed by atoms with Gasteiger partial charge >= 0.3 is 0 Å². The Morgan fingerprint density at radius 3 is 2.86 bits per heavy atom. The Bertz CT molecular complexity index is 826. The smallest absolute Gasteiger partial charge is 0.169 e. The summed E-state index contributed by atoms with van der Waals surface area (Å²) in [5.41, 5.74) is 4.44. The third kappa shape index (κ3) is 0.820. The molecule has 2 spiro atoms. The summed E-state index contributed by atoms with van der Waals surface area (Å²) >= 11 is 0. The number of likely N-dealkylation sites (tertiary alicyclic amines) is 1. The van der Waals surface area contributed by atoms with Gasteiger partial charge in [0.2, 0.25) is 0 Å². The van der Waals surface area contributed by atoms with Gasteiger partial charge < -0.3 is 14.2 Å². The number of piperidine rings is 1. The van der Waals surface area contributed by atoms with Crippen LogP contribution in [0.15, 0.2) is 35.6 Å². The van der Waals surface area contributed by atoms with Crippen molar-refractivity contribution in [2.45, 2.75) is 29.5 Å². The molecular formula is C18H17NO3. The first-order valence-electron chi connectivity index (χ1n) is 7.78. The van der Waals surface area contributed by atoms with Gasteiger partial charge in [0.1, 0.15) is 5.76 Å². The number of likely N-dealkylation sites (N-methyl/N-ethyl adjacent to an activating group) is 1. The van der Waals surface area contributed by atoms with Crippen LogP contribution in [0.1, 0.15) is 17.5 Å². The van der Waals surface area contributed by atoms with Crippen molar-refractivity contribution < 1.29 is 14.2 Å². The van der Waals surface area contributed by atoms with E-state index in [2.05, 4.69) is 36.2 Å². The minimum atomic E-state index is -0.0388. The van der Waals surface area contributed by atoms with Gasteiger partial charge in [0.15, 0.2) is 17.6 Å². The lowest BCUT2D eigenvalue weighted by molar-refractivity contribution is 0.111. The molecule has 5 atom stereocenters. The van der Waals surface area contributed by atoms with Gasteiger partial charge in [-0.1, -0.05) is 12.1 Å². The number of ether oxygens (including phenoxy) is 3. The number of fused-ring (bicyclic) bond motifs is 1. The lowest BCUT2D eigenvalue weighted by atomic mass is 9.69. The number of methoxy groups -OCH3 is 2. The van der Waals surface area contributed by atoms with Crippen LogP contribution >= 0.6 is 0 Å². The number of nitrogens with zero attached hydrogens (tertiary/aromatic N) is 1. The van der Waals surface area contributed by atoms with Gasteiger partial charge in [-0.2, -0.15) is 0 Å². The Morgan fingerprint density at radius 1 is 1.23 bits per heavy atom. The summed E-state index contributed by atoms with van der Waals surface area (Å²) in [6.07, 6.45) is 5.42. The molecule has 1 aromatic carbocycles. The molecule has 4 nitrogen and oxygen atoms in total. The van der Waals surface area contributed by atoms with Crippen LogP contribution in [0.25, 0.3) is 0 Å². The zero-order valence-electron chi connectivity index (χ0n) is 12.8. The molecule has 2 bridgehead atoms. The molecule has 5 unspecified atom stereocenters. The maximum Gasteiger partial charge on any atom is 0.169 e. The normalized spacial score (nSPS) is 43.9. The fourth-order valence-corrected chi connectivity index (χ4v) is 5.81. The molecule has 4 heteroatoms. The van der Waals surface area contributed by atoms with E-state index in [9.17, 15) is 0 Å². The molecule has 1 aromatic rings. The molecule has 5 aliphatic rings. The molecule has 0 radical (unpaired) electrons. The number of hydrogen-bond donors (Lipinski definition) is 0. The predicted octanol–water partition coefficient (Wildman–Crippen LogP) is 2.09. The van der Waals surface area contributed by atoms with Crippen LogP contribution in [0.3, 0.4) is 0 Å². The van der Waals surface area contributed by atoms with Gasteiger partial charge in [0, 0.05) is 5.56 Å². The molecule has 22 heavy (non-hydrogen) atoms. The Labute approximate surface area is 129 Å². The van der Waals surface area contributed by atoms with Gasteiger partial charge in [-0.25, -0.2) is 0 Å². The fraction of sp³-hybridized carbons (Fsp3) is 0.444. The van der Waals surface area contributed by atoms with E-state index in [4.69, 9.17) is 14.2 Å². The molecule has 6 rings (SSSR count). The quantitative estimate of drug-likeness (QED) is 0.782. The predicted molar refractivity (Wildman–Crippen MR) is 80.1 cm³/mol. The molecule has 0 N–H and O–H groups in total. The number of benzene rings is 1. The van der Waals surface area contributed by atoms with Crippen molar-refractivity contribution in [1.29, 1.82) is 0 Å². The number of hydrogen-bond acceptors (Lipinski definition) is 4. The van der Waals surface area contributed by atoms with Crippen molar-refractivity contribution in [2.24, 2.45) is 0 Å². The van der Waals surface area contributed by atoms with Crippen molar-refractivity contribution in [3.63, 3.8) is 0 Å². The standard InChI is InChI=1S/C18H17NO3/c1-19-15-10-5-7-12(21-3)16-17(10)8-18(15,19)9-4-6-11(20-2)14(22-16)13(9)17/h4-7,15-16H,8H2,1-3H3. The van der Waals surface area contributed by atoms with Gasteiger partial charge in [-0.3, -0.25) is 4.90 Å². The molecule has 0 amide bonds. The Hall–Kier alpha value is -1.94. The van der Waals surface area contributed by atoms with Crippen molar-refractivity contribution in [1.82, 2.24) is 4.90 Å². The Kier molecular flexibility index (Phi) is 1.61. The third-order valence-corrected chi connectivity index (χ3v) is 6.62. The van der Waals surface area contributed by atoms with Gasteiger partial charge in [-0.05, 0) is 36.7 Å². The summed E-state index contributed by atoms with van der Waals surface area (Å²) in [5, 5.41) is 0. The lowest BCUT2D eigenvalue weighted by Gasteiger charge is -2.35. The zero-order valence-corrected chi connectivity index (χ0v) is 12.8. The first-order chi connectivity index (χ1) is 10.7. The average Bonchev–Trinajstić information content (AvgIpc) is 2.87. The van der Waals surface area contributed by atoms with Crippen LogP contribution in [-0.4, -0.2) is 38.3 Å². The van der Waals surface area contributed by atoms with Gasteiger partial charge in [0.05, 0.1) is 31.2 Å². The van der Waals surface area contributed by atoms with Crippen LogP contribution < -0.4 is 9.47 Å². The van der Waals surface area contributed by atoms with Crippen LogP contribution in [0, 0.1) is 0 Å². The SMILES string of the molecule is COC1=CC=C2C3N(C)C34CC23c2c4ccc(OC)c2OC13. The van der Waals surface area contributed by atoms with E-state index in [1.807, 2.05) is 0 Å². The minimum absolute atomic E-state index is 0.0313. The van der Waals surface area contributed by atoms with Crippen LogP contribution in [0.2, 0.25) is 0 Å². The summed E-state index contributed by atoms with van der Waals surface area (Å²) < 4.78 is 17.6. The first kappa shape index (κ1) is 11.6. The van der Waals surface area contributed by atoms with E-state index in [1.165, 1.54) is 16.7 Å². The maximum absolute atomic E-state index is 6.39. The highest BCUT2D eigenvalue weighted by Crippen LogP contribution is 2.79. The molecular weight excluding hydrogens is 278 g/mol. The van der Waals surface area contributed by atoms with E-state index in [-0.39, 0.29) is 17.1 Å². The first-order valence-corrected chi connectivity index (χ1v) is 7.78. The second-order valence-corrected chi connectivity index (χ2v) is 7.00. The second-order valence-electron chi connectivity index (χ2n) is 7.00. The maximum atomic E-state index is 6.39. The van der Waals surface area contributed by atoms with Gasteiger partial charge in [-0.15, -0.1) is 0 Å².